The molecule has 2 aromatic rings. The van der Waals surface area contributed by atoms with Crippen LogP contribution in [-0.2, 0) is 6.54 Å². The Labute approximate surface area is 124 Å². The number of nitrogens with one attached hydrogen (secondary N) is 1. The molecule has 0 amide bonds. The van der Waals surface area contributed by atoms with Crippen LogP contribution in [0.15, 0.2) is 6.20 Å². The first-order valence-electron chi connectivity index (χ1n) is 6.68. The third kappa shape index (κ3) is 2.69. The standard InChI is InChI=1S/C14H20ClN5/c1-8(2)14-17-7-12(11(18-14)6-16-5)20-10(4)13(15)9(3)19-20/h7-8,16H,6H2,1-5H3. The summed E-state index contributed by atoms with van der Waals surface area (Å²) >= 11 is 6.22. The van der Waals surface area contributed by atoms with Crippen molar-refractivity contribution in [3.05, 3.63) is 34.1 Å². The number of hydrogen-bond acceptors (Lipinski definition) is 4. The van der Waals surface area contributed by atoms with Crippen LogP contribution in [0.25, 0.3) is 5.69 Å². The van der Waals surface area contributed by atoms with Gasteiger partial charge in [0, 0.05) is 12.5 Å². The average molecular weight is 294 g/mol. The van der Waals surface area contributed by atoms with Gasteiger partial charge in [-0.3, -0.25) is 0 Å². The largest absolute Gasteiger partial charge is 0.314 e. The number of hydrogen-bond donors (Lipinski definition) is 1. The molecule has 0 aliphatic heterocycles. The van der Waals surface area contributed by atoms with Crippen molar-refractivity contribution in [2.24, 2.45) is 0 Å². The molecule has 5 nitrogen and oxygen atoms in total. The molecule has 20 heavy (non-hydrogen) atoms. The van der Waals surface area contributed by atoms with Gasteiger partial charge in [-0.1, -0.05) is 25.4 Å². The Kier molecular flexibility index (Phi) is 4.40. The van der Waals surface area contributed by atoms with Crippen LogP contribution in [0.4, 0.5) is 0 Å². The van der Waals surface area contributed by atoms with Crippen molar-refractivity contribution in [3.63, 3.8) is 0 Å². The minimum atomic E-state index is 0.295. The second-order valence-corrected chi connectivity index (χ2v) is 5.52. The molecule has 2 heterocycles. The van der Waals surface area contributed by atoms with E-state index in [1.54, 1.807) is 0 Å². The highest BCUT2D eigenvalue weighted by atomic mass is 35.5. The van der Waals surface area contributed by atoms with Gasteiger partial charge in [-0.05, 0) is 20.9 Å². The quantitative estimate of drug-likeness (QED) is 0.942. The van der Waals surface area contributed by atoms with Crippen molar-refractivity contribution < 1.29 is 0 Å². The summed E-state index contributed by atoms with van der Waals surface area (Å²) in [5.74, 6) is 1.13. The zero-order valence-electron chi connectivity index (χ0n) is 12.5. The SMILES string of the molecule is CNCc1nc(C(C)C)ncc1-n1nc(C)c(Cl)c1C. The zero-order valence-corrected chi connectivity index (χ0v) is 13.3. The maximum atomic E-state index is 6.22. The zero-order chi connectivity index (χ0) is 14.9. The predicted molar refractivity (Wildman–Crippen MR) is 80.5 cm³/mol. The summed E-state index contributed by atoms with van der Waals surface area (Å²) in [4.78, 5) is 9.08. The smallest absolute Gasteiger partial charge is 0.131 e. The first kappa shape index (κ1) is 14.9. The van der Waals surface area contributed by atoms with Crippen molar-refractivity contribution >= 4 is 11.6 Å². The van der Waals surface area contributed by atoms with E-state index in [9.17, 15) is 0 Å². The van der Waals surface area contributed by atoms with Gasteiger partial charge in [0.15, 0.2) is 0 Å². The molecule has 0 unspecified atom stereocenters. The molecule has 0 atom stereocenters. The van der Waals surface area contributed by atoms with E-state index in [2.05, 4.69) is 34.2 Å². The maximum Gasteiger partial charge on any atom is 0.131 e. The fourth-order valence-corrected chi connectivity index (χ4v) is 2.15. The number of halogens is 1. The highest BCUT2D eigenvalue weighted by Gasteiger charge is 2.16. The van der Waals surface area contributed by atoms with E-state index in [0.717, 1.165) is 28.6 Å². The van der Waals surface area contributed by atoms with Crippen molar-refractivity contribution in [2.75, 3.05) is 7.05 Å². The van der Waals surface area contributed by atoms with Gasteiger partial charge >= 0.3 is 0 Å². The molecule has 0 saturated heterocycles. The molecule has 0 fully saturated rings. The topological polar surface area (TPSA) is 55.6 Å². The lowest BCUT2D eigenvalue weighted by Gasteiger charge is -2.12. The lowest BCUT2D eigenvalue weighted by molar-refractivity contribution is 0.702. The summed E-state index contributed by atoms with van der Waals surface area (Å²) in [6, 6.07) is 0. The second-order valence-electron chi connectivity index (χ2n) is 5.14. The summed E-state index contributed by atoms with van der Waals surface area (Å²) < 4.78 is 1.81. The maximum absolute atomic E-state index is 6.22. The van der Waals surface area contributed by atoms with Crippen molar-refractivity contribution in [3.8, 4) is 5.69 Å². The Morgan fingerprint density at radius 1 is 1.35 bits per heavy atom. The van der Waals surface area contributed by atoms with E-state index in [1.807, 2.05) is 31.8 Å². The lowest BCUT2D eigenvalue weighted by Crippen LogP contribution is -2.15. The Morgan fingerprint density at radius 3 is 2.55 bits per heavy atom. The lowest BCUT2D eigenvalue weighted by atomic mass is 10.2. The third-order valence-corrected chi connectivity index (χ3v) is 3.70. The molecule has 2 rings (SSSR count). The van der Waals surface area contributed by atoms with E-state index >= 15 is 0 Å². The van der Waals surface area contributed by atoms with Crippen molar-refractivity contribution in [1.29, 1.82) is 0 Å². The predicted octanol–water partition coefficient (Wildman–Crippen LogP) is 2.78. The Hall–Kier alpha value is -1.46. The Morgan fingerprint density at radius 2 is 2.05 bits per heavy atom. The summed E-state index contributed by atoms with van der Waals surface area (Å²) in [5.41, 5.74) is 3.51. The second kappa shape index (κ2) is 5.89. The first-order valence-corrected chi connectivity index (χ1v) is 7.06. The third-order valence-electron chi connectivity index (χ3n) is 3.16. The summed E-state index contributed by atoms with van der Waals surface area (Å²) in [6.45, 7) is 8.67. The van der Waals surface area contributed by atoms with E-state index in [1.165, 1.54) is 0 Å². The Balaban J connectivity index is 2.57. The number of nitrogens with zero attached hydrogens (tertiary/aromatic N) is 4. The summed E-state index contributed by atoms with van der Waals surface area (Å²) in [6.07, 6.45) is 1.82. The van der Waals surface area contributed by atoms with Gasteiger partial charge < -0.3 is 5.32 Å². The fourth-order valence-electron chi connectivity index (χ4n) is 2.04. The molecule has 2 aromatic heterocycles. The van der Waals surface area contributed by atoms with Crippen LogP contribution in [0.1, 0.15) is 42.7 Å². The van der Waals surface area contributed by atoms with Gasteiger partial charge in [0.25, 0.3) is 0 Å². The molecule has 0 spiro atoms. The van der Waals surface area contributed by atoms with Gasteiger partial charge in [0.2, 0.25) is 0 Å². The molecule has 0 aliphatic rings. The molecular weight excluding hydrogens is 274 g/mol. The monoisotopic (exact) mass is 293 g/mol. The molecule has 6 heteroatoms. The Bertz CT molecular complexity index is 618. The average Bonchev–Trinajstić information content (AvgIpc) is 2.67. The highest BCUT2D eigenvalue weighted by Crippen LogP contribution is 2.24. The molecule has 108 valence electrons. The van der Waals surface area contributed by atoms with Gasteiger partial charge in [0.05, 0.1) is 28.3 Å². The molecule has 0 aliphatic carbocycles. The molecule has 0 bridgehead atoms. The van der Waals surface area contributed by atoms with Crippen LogP contribution in [0.5, 0.6) is 0 Å². The van der Waals surface area contributed by atoms with Gasteiger partial charge in [0.1, 0.15) is 11.5 Å². The van der Waals surface area contributed by atoms with E-state index in [4.69, 9.17) is 11.6 Å². The molecule has 0 radical (unpaired) electrons. The number of aryl methyl sites for hydroxylation is 1. The highest BCUT2D eigenvalue weighted by molar-refractivity contribution is 6.31. The molecule has 1 N–H and O–H groups in total. The van der Waals surface area contributed by atoms with E-state index in [0.29, 0.717) is 17.5 Å². The minimum Gasteiger partial charge on any atom is -0.314 e. The first-order chi connectivity index (χ1) is 9.45. The van der Waals surface area contributed by atoms with Crippen molar-refractivity contribution in [1.82, 2.24) is 25.1 Å². The fraction of sp³-hybridized carbons (Fsp3) is 0.500. The van der Waals surface area contributed by atoms with Gasteiger partial charge in [-0.25, -0.2) is 14.6 Å². The van der Waals surface area contributed by atoms with Crippen molar-refractivity contribution in [2.45, 2.75) is 40.2 Å². The van der Waals surface area contributed by atoms with E-state index in [-0.39, 0.29) is 0 Å². The number of rotatable bonds is 4. The van der Waals surface area contributed by atoms with Gasteiger partial charge in [-0.2, -0.15) is 5.10 Å². The summed E-state index contributed by atoms with van der Waals surface area (Å²) in [5, 5.41) is 8.30. The van der Waals surface area contributed by atoms with Crippen LogP contribution in [-0.4, -0.2) is 26.8 Å². The van der Waals surface area contributed by atoms with Gasteiger partial charge in [-0.15, -0.1) is 0 Å². The summed E-state index contributed by atoms with van der Waals surface area (Å²) in [7, 11) is 1.90. The minimum absolute atomic E-state index is 0.295. The van der Waals surface area contributed by atoms with Crippen LogP contribution >= 0.6 is 11.6 Å². The van der Waals surface area contributed by atoms with Crippen LogP contribution in [0, 0.1) is 13.8 Å². The van der Waals surface area contributed by atoms with E-state index < -0.39 is 0 Å². The molecular formula is C14H20ClN5. The molecule has 0 aromatic carbocycles. The molecule has 0 saturated carbocycles. The van der Waals surface area contributed by atoms with Crippen LogP contribution in [0.3, 0.4) is 0 Å². The van der Waals surface area contributed by atoms with Crippen LogP contribution < -0.4 is 5.32 Å². The normalized spacial score (nSPS) is 11.3. The number of aromatic nitrogens is 4. The van der Waals surface area contributed by atoms with Crippen LogP contribution in [0.2, 0.25) is 5.02 Å².